The molecule has 0 aliphatic rings. The van der Waals surface area contributed by atoms with E-state index in [1.54, 1.807) is 37.4 Å². The number of nitrogens with zero attached hydrogens (tertiary/aromatic N) is 1. The molecule has 0 saturated heterocycles. The van der Waals surface area contributed by atoms with Crippen molar-refractivity contribution in [2.75, 3.05) is 11.9 Å². The van der Waals surface area contributed by atoms with E-state index in [0.717, 1.165) is 0 Å². The maximum Gasteiger partial charge on any atom is 0.240 e. The van der Waals surface area contributed by atoms with E-state index in [1.165, 1.54) is 17.0 Å². The summed E-state index contributed by atoms with van der Waals surface area (Å²) in [5, 5.41) is 0.543. The van der Waals surface area contributed by atoms with Gasteiger partial charge in [-0.3, -0.25) is 4.79 Å². The van der Waals surface area contributed by atoms with Crippen LogP contribution in [0.4, 0.5) is 5.69 Å². The van der Waals surface area contributed by atoms with Gasteiger partial charge in [0.2, 0.25) is 16.4 Å². The Labute approximate surface area is 134 Å². The molecule has 0 aromatic heterocycles. The van der Waals surface area contributed by atoms with Crippen molar-refractivity contribution in [3.05, 3.63) is 59.1 Å². The summed E-state index contributed by atoms with van der Waals surface area (Å²) in [6.07, 6.45) is 0.651. The molecule has 7 heteroatoms. The van der Waals surface area contributed by atoms with E-state index in [4.69, 9.17) is 11.6 Å². The summed E-state index contributed by atoms with van der Waals surface area (Å²) in [4.78, 5) is 12.1. The third-order valence-corrected chi connectivity index (χ3v) is 4.66. The molecular formula is C15H14ClN2O3S. The minimum Gasteiger partial charge on any atom is -0.318 e. The van der Waals surface area contributed by atoms with Gasteiger partial charge in [0.05, 0.1) is 4.90 Å². The maximum absolute atomic E-state index is 12.2. The molecule has 2 rings (SSSR count). The number of nitrogens with one attached hydrogen (secondary N) is 1. The summed E-state index contributed by atoms with van der Waals surface area (Å²) in [6.45, 7) is 0.121. The minimum atomic E-state index is -3.63. The zero-order chi connectivity index (χ0) is 16.2. The van der Waals surface area contributed by atoms with Gasteiger partial charge in [0.25, 0.3) is 0 Å². The number of halogens is 1. The molecule has 1 amide bonds. The number of rotatable bonds is 6. The van der Waals surface area contributed by atoms with E-state index in [9.17, 15) is 13.2 Å². The lowest BCUT2D eigenvalue weighted by Gasteiger charge is -2.12. The number of carbonyl (C=O) groups excluding carboxylic acids is 1. The van der Waals surface area contributed by atoms with Gasteiger partial charge in [-0.15, -0.1) is 0 Å². The summed E-state index contributed by atoms with van der Waals surface area (Å²) < 4.78 is 26.9. The lowest BCUT2D eigenvalue weighted by atomic mass is 10.2. The van der Waals surface area contributed by atoms with Crippen molar-refractivity contribution >= 4 is 33.7 Å². The SMILES string of the molecule is CN(C=O)c1ccc(S(=O)(=O)NCc2[c]cc(Cl)cc2)cc1. The van der Waals surface area contributed by atoms with Gasteiger partial charge < -0.3 is 4.90 Å². The van der Waals surface area contributed by atoms with E-state index in [1.807, 2.05) is 0 Å². The molecule has 2 aromatic carbocycles. The highest BCUT2D eigenvalue weighted by Gasteiger charge is 2.14. The molecule has 2 aromatic rings. The van der Waals surface area contributed by atoms with E-state index in [2.05, 4.69) is 10.8 Å². The Hall–Kier alpha value is -1.89. The van der Waals surface area contributed by atoms with Crippen molar-refractivity contribution in [1.82, 2.24) is 4.72 Å². The lowest BCUT2D eigenvalue weighted by molar-refractivity contribution is -0.107. The highest BCUT2D eigenvalue weighted by atomic mass is 35.5. The third kappa shape index (κ3) is 4.07. The van der Waals surface area contributed by atoms with Crippen LogP contribution in [0, 0.1) is 6.07 Å². The zero-order valence-corrected chi connectivity index (χ0v) is 13.4. The van der Waals surface area contributed by atoms with Crippen LogP contribution in [-0.4, -0.2) is 21.9 Å². The first-order valence-electron chi connectivity index (χ1n) is 6.36. The average Bonchev–Trinajstić information content (AvgIpc) is 2.54. The number of carbonyl (C=O) groups is 1. The quantitative estimate of drug-likeness (QED) is 0.822. The van der Waals surface area contributed by atoms with E-state index in [0.29, 0.717) is 22.7 Å². The van der Waals surface area contributed by atoms with Gasteiger partial charge >= 0.3 is 0 Å². The van der Waals surface area contributed by atoms with Gasteiger partial charge in [-0.25, -0.2) is 13.1 Å². The van der Waals surface area contributed by atoms with Crippen molar-refractivity contribution in [2.45, 2.75) is 11.4 Å². The Balaban J connectivity index is 2.09. The van der Waals surface area contributed by atoms with Crippen LogP contribution in [0.2, 0.25) is 5.02 Å². The summed E-state index contributed by atoms with van der Waals surface area (Å²) in [6, 6.07) is 13.9. The summed E-state index contributed by atoms with van der Waals surface area (Å²) >= 11 is 5.75. The second-order valence-corrected chi connectivity index (χ2v) is 6.77. The largest absolute Gasteiger partial charge is 0.318 e. The number of amides is 1. The molecule has 0 aliphatic carbocycles. The minimum absolute atomic E-state index is 0.121. The molecule has 5 nitrogen and oxygen atoms in total. The molecule has 0 bridgehead atoms. The standard InChI is InChI=1S/C15H14ClN2O3S/c1-18(11-19)14-6-8-15(9-7-14)22(20,21)17-10-12-2-4-13(16)5-3-12/h2,4-9,11,17H,10H2,1H3. The molecule has 22 heavy (non-hydrogen) atoms. The first kappa shape index (κ1) is 16.5. The molecule has 1 N–H and O–H groups in total. The predicted octanol–water partition coefficient (Wildman–Crippen LogP) is 2.21. The van der Waals surface area contributed by atoms with Crippen molar-refractivity contribution in [1.29, 1.82) is 0 Å². The summed E-state index contributed by atoms with van der Waals surface area (Å²) in [7, 11) is -2.04. The van der Waals surface area contributed by atoms with Crippen molar-refractivity contribution in [2.24, 2.45) is 0 Å². The fourth-order valence-corrected chi connectivity index (χ4v) is 2.85. The second-order valence-electron chi connectivity index (χ2n) is 4.57. The fraction of sp³-hybridized carbons (Fsp3) is 0.133. The van der Waals surface area contributed by atoms with Crippen LogP contribution in [0.3, 0.4) is 0 Å². The molecule has 0 spiro atoms. The third-order valence-electron chi connectivity index (χ3n) is 3.00. The Kier molecular flexibility index (Phi) is 5.18. The topological polar surface area (TPSA) is 66.5 Å². The molecule has 0 atom stereocenters. The van der Waals surface area contributed by atoms with Gasteiger partial charge in [-0.05, 0) is 48.0 Å². The van der Waals surface area contributed by atoms with Crippen LogP contribution in [0.15, 0.2) is 47.4 Å². The van der Waals surface area contributed by atoms with Crippen molar-refractivity contribution in [3.63, 3.8) is 0 Å². The summed E-state index contributed by atoms with van der Waals surface area (Å²) in [5.41, 5.74) is 1.30. The lowest BCUT2D eigenvalue weighted by Crippen LogP contribution is -2.23. The number of benzene rings is 2. The van der Waals surface area contributed by atoms with Gasteiger partial charge in [-0.1, -0.05) is 17.7 Å². The highest BCUT2D eigenvalue weighted by Crippen LogP contribution is 2.16. The van der Waals surface area contributed by atoms with Crippen LogP contribution >= 0.6 is 11.6 Å². The molecular weight excluding hydrogens is 324 g/mol. The molecule has 1 radical (unpaired) electrons. The summed E-state index contributed by atoms with van der Waals surface area (Å²) in [5.74, 6) is 0. The van der Waals surface area contributed by atoms with Gasteiger partial charge in [0.1, 0.15) is 0 Å². The van der Waals surface area contributed by atoms with Crippen LogP contribution in [0.5, 0.6) is 0 Å². The molecule has 115 valence electrons. The smallest absolute Gasteiger partial charge is 0.240 e. The van der Waals surface area contributed by atoms with Crippen molar-refractivity contribution in [3.8, 4) is 0 Å². The Morgan fingerprint density at radius 3 is 2.45 bits per heavy atom. The zero-order valence-electron chi connectivity index (χ0n) is 11.8. The number of sulfonamides is 1. The molecule has 0 fully saturated rings. The number of hydrogen-bond acceptors (Lipinski definition) is 3. The van der Waals surface area contributed by atoms with E-state index >= 15 is 0 Å². The Bertz CT molecular complexity index is 743. The highest BCUT2D eigenvalue weighted by molar-refractivity contribution is 7.89. The average molecular weight is 338 g/mol. The number of hydrogen-bond donors (Lipinski definition) is 1. The Morgan fingerprint density at radius 2 is 1.91 bits per heavy atom. The van der Waals surface area contributed by atoms with Gasteiger partial charge in [-0.2, -0.15) is 0 Å². The van der Waals surface area contributed by atoms with Gasteiger partial charge in [0.15, 0.2) is 0 Å². The van der Waals surface area contributed by atoms with Gasteiger partial charge in [0, 0.05) is 24.3 Å². The second kappa shape index (κ2) is 6.91. The predicted molar refractivity (Wildman–Crippen MR) is 85.2 cm³/mol. The molecule has 0 unspecified atom stereocenters. The Morgan fingerprint density at radius 1 is 1.23 bits per heavy atom. The first-order chi connectivity index (χ1) is 10.4. The maximum atomic E-state index is 12.2. The normalized spacial score (nSPS) is 11.2. The first-order valence-corrected chi connectivity index (χ1v) is 8.22. The molecule has 0 aliphatic heterocycles. The van der Waals surface area contributed by atoms with E-state index in [-0.39, 0.29) is 11.4 Å². The van der Waals surface area contributed by atoms with Crippen LogP contribution in [-0.2, 0) is 21.4 Å². The fourth-order valence-electron chi connectivity index (χ4n) is 1.73. The molecule has 0 heterocycles. The molecule has 0 saturated carbocycles. The monoisotopic (exact) mass is 337 g/mol. The van der Waals surface area contributed by atoms with Crippen LogP contribution in [0.1, 0.15) is 5.56 Å². The van der Waals surface area contributed by atoms with E-state index < -0.39 is 10.0 Å². The van der Waals surface area contributed by atoms with Crippen LogP contribution < -0.4 is 9.62 Å². The van der Waals surface area contributed by atoms with Crippen LogP contribution in [0.25, 0.3) is 0 Å². The van der Waals surface area contributed by atoms with Crippen molar-refractivity contribution < 1.29 is 13.2 Å². The number of anilines is 1.